The highest BCUT2D eigenvalue weighted by Gasteiger charge is 2.18. The average molecular weight is 320 g/mol. The molecule has 1 nitrogen and oxygen atoms in total. The first-order chi connectivity index (χ1) is 8.15. The Morgan fingerprint density at radius 1 is 1.12 bits per heavy atom. The van der Waals surface area contributed by atoms with Crippen molar-refractivity contribution >= 4 is 66.6 Å². The summed E-state index contributed by atoms with van der Waals surface area (Å²) < 4.78 is 3.91. The lowest BCUT2D eigenvalue weighted by atomic mass is 10.1. The Balaban J connectivity index is 2.04. The van der Waals surface area contributed by atoms with Crippen LogP contribution in [0.2, 0.25) is 8.67 Å². The lowest BCUT2D eigenvalue weighted by Gasteiger charge is -2.07. The van der Waals surface area contributed by atoms with Crippen molar-refractivity contribution in [3.63, 3.8) is 0 Å². The average Bonchev–Trinajstić information content (AvgIpc) is 2.90. The van der Waals surface area contributed by atoms with Crippen LogP contribution in [-0.4, -0.2) is 0 Å². The van der Waals surface area contributed by atoms with Crippen molar-refractivity contribution < 1.29 is 0 Å². The second kappa shape index (κ2) is 4.53. The van der Waals surface area contributed by atoms with E-state index in [-0.39, 0.29) is 6.04 Å². The second-order valence-corrected chi connectivity index (χ2v) is 7.90. The maximum absolute atomic E-state index is 6.23. The summed E-state index contributed by atoms with van der Waals surface area (Å²) in [7, 11) is 0. The van der Waals surface area contributed by atoms with Crippen molar-refractivity contribution in [2.75, 3.05) is 0 Å². The zero-order chi connectivity index (χ0) is 12.0. The predicted octanol–water partition coefficient (Wildman–Crippen LogP) is 5.38. The van der Waals surface area contributed by atoms with E-state index in [1.165, 1.54) is 20.7 Å². The highest BCUT2D eigenvalue weighted by Crippen LogP contribution is 2.40. The lowest BCUT2D eigenvalue weighted by Crippen LogP contribution is -2.09. The van der Waals surface area contributed by atoms with Gasteiger partial charge in [-0.3, -0.25) is 0 Å². The molecule has 17 heavy (non-hydrogen) atoms. The van der Waals surface area contributed by atoms with E-state index in [1.54, 1.807) is 22.7 Å². The lowest BCUT2D eigenvalue weighted by molar-refractivity contribution is 0.901. The fourth-order valence-corrected chi connectivity index (χ4v) is 5.35. The minimum absolute atomic E-state index is 0.184. The van der Waals surface area contributed by atoms with Crippen LogP contribution in [-0.2, 0) is 0 Å². The number of thiophene rings is 3. The van der Waals surface area contributed by atoms with Crippen LogP contribution in [0.1, 0.15) is 16.5 Å². The maximum Gasteiger partial charge on any atom is 0.0995 e. The molecule has 3 aromatic rings. The van der Waals surface area contributed by atoms with Gasteiger partial charge < -0.3 is 5.73 Å². The van der Waals surface area contributed by atoms with Crippen LogP contribution in [0.4, 0.5) is 0 Å². The van der Waals surface area contributed by atoms with Gasteiger partial charge in [0.2, 0.25) is 0 Å². The third-order valence-electron chi connectivity index (χ3n) is 2.48. The highest BCUT2D eigenvalue weighted by atomic mass is 35.5. The summed E-state index contributed by atoms with van der Waals surface area (Å²) >= 11 is 16.9. The van der Waals surface area contributed by atoms with Crippen molar-refractivity contribution in [1.82, 2.24) is 0 Å². The number of rotatable bonds is 2. The fourth-order valence-electron chi connectivity index (χ4n) is 1.66. The van der Waals surface area contributed by atoms with E-state index in [9.17, 15) is 0 Å². The molecule has 0 saturated carbocycles. The first-order valence-electron chi connectivity index (χ1n) is 4.82. The molecule has 0 bridgehead atoms. The molecule has 0 fully saturated rings. The Morgan fingerprint density at radius 2 is 1.94 bits per heavy atom. The molecule has 0 radical (unpaired) electrons. The van der Waals surface area contributed by atoms with Crippen molar-refractivity contribution in [3.8, 4) is 0 Å². The van der Waals surface area contributed by atoms with Gasteiger partial charge in [0, 0.05) is 19.8 Å². The fraction of sp³-hybridized carbons (Fsp3) is 0.0909. The summed E-state index contributed by atoms with van der Waals surface area (Å²) in [4.78, 5) is 1.13. The SMILES string of the molecule is NC(c1cc2sccc2s1)c1cc(Cl)sc1Cl. The molecule has 0 saturated heterocycles. The maximum atomic E-state index is 6.23. The molecule has 2 N–H and O–H groups in total. The summed E-state index contributed by atoms with van der Waals surface area (Å²) in [5.41, 5.74) is 7.14. The monoisotopic (exact) mass is 319 g/mol. The van der Waals surface area contributed by atoms with Gasteiger partial charge >= 0.3 is 0 Å². The van der Waals surface area contributed by atoms with Crippen LogP contribution in [0.15, 0.2) is 23.6 Å². The number of nitrogens with two attached hydrogens (primary N) is 1. The van der Waals surface area contributed by atoms with E-state index in [1.807, 2.05) is 6.07 Å². The Hall–Kier alpha value is -0.100. The molecule has 0 aliphatic rings. The van der Waals surface area contributed by atoms with Gasteiger partial charge in [-0.05, 0) is 23.6 Å². The molecule has 0 aliphatic heterocycles. The number of hydrogen-bond acceptors (Lipinski definition) is 4. The van der Waals surface area contributed by atoms with E-state index in [0.717, 1.165) is 10.4 Å². The van der Waals surface area contributed by atoms with Gasteiger partial charge in [0.05, 0.1) is 14.7 Å². The molecule has 6 heteroatoms. The van der Waals surface area contributed by atoms with Gasteiger partial charge in [-0.1, -0.05) is 23.2 Å². The highest BCUT2D eigenvalue weighted by molar-refractivity contribution is 7.27. The molecule has 0 aromatic carbocycles. The van der Waals surface area contributed by atoms with Crippen molar-refractivity contribution in [1.29, 1.82) is 0 Å². The van der Waals surface area contributed by atoms with Gasteiger partial charge in [0.15, 0.2) is 0 Å². The zero-order valence-electron chi connectivity index (χ0n) is 8.44. The standard InChI is InChI=1S/C11H7Cl2NS3/c12-9-3-5(11(13)17-9)10(14)8-4-7-6(16-8)1-2-15-7/h1-4,10H,14H2. The van der Waals surface area contributed by atoms with Gasteiger partial charge in [-0.25, -0.2) is 0 Å². The molecule has 1 atom stereocenters. The molecular weight excluding hydrogens is 313 g/mol. The van der Waals surface area contributed by atoms with Crippen LogP contribution < -0.4 is 5.73 Å². The molecule has 3 aromatic heterocycles. The molecule has 3 heterocycles. The van der Waals surface area contributed by atoms with Crippen molar-refractivity contribution in [3.05, 3.63) is 42.7 Å². The first-order valence-corrected chi connectivity index (χ1v) is 8.09. The van der Waals surface area contributed by atoms with Crippen LogP contribution >= 0.6 is 57.2 Å². The summed E-state index contributed by atoms with van der Waals surface area (Å²) in [6, 6.07) is 5.92. The smallest absolute Gasteiger partial charge is 0.0995 e. The molecule has 3 rings (SSSR count). The summed E-state index contributed by atoms with van der Waals surface area (Å²) in [6.07, 6.45) is 0. The van der Waals surface area contributed by atoms with Crippen LogP contribution in [0.5, 0.6) is 0 Å². The Morgan fingerprint density at radius 3 is 2.59 bits per heavy atom. The largest absolute Gasteiger partial charge is 0.320 e. The van der Waals surface area contributed by atoms with Gasteiger partial charge in [0.1, 0.15) is 0 Å². The number of fused-ring (bicyclic) bond motifs is 1. The molecule has 88 valence electrons. The molecular formula is C11H7Cl2NS3. The van der Waals surface area contributed by atoms with E-state index in [0.29, 0.717) is 8.67 Å². The molecule has 0 aliphatic carbocycles. The number of hydrogen-bond donors (Lipinski definition) is 1. The zero-order valence-corrected chi connectivity index (χ0v) is 12.4. The first kappa shape index (κ1) is 12.0. The van der Waals surface area contributed by atoms with Crippen LogP contribution in [0, 0.1) is 0 Å². The quantitative estimate of drug-likeness (QED) is 0.674. The molecule has 0 amide bonds. The van der Waals surface area contributed by atoms with Crippen molar-refractivity contribution in [2.45, 2.75) is 6.04 Å². The Kier molecular flexibility index (Phi) is 3.19. The minimum atomic E-state index is -0.184. The Bertz CT molecular complexity index is 639. The van der Waals surface area contributed by atoms with E-state index >= 15 is 0 Å². The van der Waals surface area contributed by atoms with Gasteiger partial charge in [0.25, 0.3) is 0 Å². The predicted molar refractivity (Wildman–Crippen MR) is 80.1 cm³/mol. The summed E-state index contributed by atoms with van der Waals surface area (Å²) in [5, 5.41) is 2.09. The van der Waals surface area contributed by atoms with Crippen LogP contribution in [0.25, 0.3) is 9.40 Å². The third kappa shape index (κ3) is 2.14. The van der Waals surface area contributed by atoms with E-state index in [4.69, 9.17) is 28.9 Å². The molecule has 1 unspecified atom stereocenters. The topological polar surface area (TPSA) is 26.0 Å². The summed E-state index contributed by atoms with van der Waals surface area (Å²) in [6.45, 7) is 0. The molecule has 0 spiro atoms. The third-order valence-corrected chi connectivity index (χ3v) is 6.18. The van der Waals surface area contributed by atoms with Crippen LogP contribution in [0.3, 0.4) is 0 Å². The summed E-state index contributed by atoms with van der Waals surface area (Å²) in [5.74, 6) is 0. The van der Waals surface area contributed by atoms with E-state index < -0.39 is 0 Å². The Labute approximate surface area is 120 Å². The second-order valence-electron chi connectivity index (χ2n) is 3.56. The normalized spacial score (nSPS) is 13.4. The minimum Gasteiger partial charge on any atom is -0.320 e. The number of halogens is 2. The van der Waals surface area contributed by atoms with E-state index in [2.05, 4.69) is 17.5 Å². The van der Waals surface area contributed by atoms with Gasteiger partial charge in [-0.2, -0.15) is 0 Å². The van der Waals surface area contributed by atoms with Crippen molar-refractivity contribution in [2.24, 2.45) is 5.73 Å². The van der Waals surface area contributed by atoms with Gasteiger partial charge in [-0.15, -0.1) is 34.0 Å².